The van der Waals surface area contributed by atoms with Gasteiger partial charge in [-0.05, 0) is 48.6 Å². The molecule has 2 unspecified atom stereocenters. The Hall–Kier alpha value is -2.95. The predicted octanol–water partition coefficient (Wildman–Crippen LogP) is 4.89. The van der Waals surface area contributed by atoms with Gasteiger partial charge in [0.2, 0.25) is 0 Å². The molecule has 1 N–H and O–H groups in total. The maximum Gasteiger partial charge on any atom is 0.334 e. The van der Waals surface area contributed by atoms with Crippen molar-refractivity contribution in [2.45, 2.75) is 53.5 Å². The third kappa shape index (κ3) is 7.18. The summed E-state index contributed by atoms with van der Waals surface area (Å²) in [7, 11) is 0. The Bertz CT molecular complexity index is 803. The number of pyridine rings is 1. The van der Waals surface area contributed by atoms with Gasteiger partial charge in [0, 0.05) is 12.4 Å². The van der Waals surface area contributed by atoms with Crippen LogP contribution in [0, 0.1) is 12.8 Å². The van der Waals surface area contributed by atoms with Gasteiger partial charge in [-0.1, -0.05) is 52.3 Å². The molecule has 1 aromatic heterocycles. The quantitative estimate of drug-likeness (QED) is 0.392. The molecule has 0 aliphatic carbocycles. The smallest absolute Gasteiger partial charge is 0.334 e. The number of aryl methyl sites for hydroxylation is 1. The van der Waals surface area contributed by atoms with Gasteiger partial charge in [0.05, 0.1) is 5.56 Å². The molecule has 1 aromatic carbocycles. The summed E-state index contributed by atoms with van der Waals surface area (Å²) >= 11 is 0. The summed E-state index contributed by atoms with van der Waals surface area (Å²) in [5.41, 5.74) is 2.37. The average molecular weight is 397 g/mol. The average Bonchev–Trinajstić information content (AvgIpc) is 2.75. The maximum atomic E-state index is 12.8. The highest BCUT2D eigenvalue weighted by atomic mass is 16.5. The second-order valence-electron chi connectivity index (χ2n) is 6.59. The van der Waals surface area contributed by atoms with Gasteiger partial charge in [-0.25, -0.2) is 4.79 Å². The van der Waals surface area contributed by atoms with Gasteiger partial charge in [-0.2, -0.15) is 0 Å². The molecule has 5 heteroatoms. The number of esters is 1. The van der Waals surface area contributed by atoms with E-state index < -0.39 is 12.0 Å². The van der Waals surface area contributed by atoms with E-state index >= 15 is 0 Å². The number of ether oxygens (including phenoxy) is 1. The van der Waals surface area contributed by atoms with Gasteiger partial charge in [0.1, 0.15) is 11.8 Å². The molecule has 156 valence electrons. The Morgan fingerprint density at radius 2 is 2.00 bits per heavy atom. The molecular formula is C24H32N2O3. The van der Waals surface area contributed by atoms with Crippen LogP contribution in [0.3, 0.4) is 0 Å². The van der Waals surface area contributed by atoms with E-state index in [1.807, 2.05) is 52.8 Å². The number of allylic oxidation sites excluding steroid dienone is 1. The van der Waals surface area contributed by atoms with Crippen LogP contribution in [0.5, 0.6) is 5.75 Å². The highest BCUT2D eigenvalue weighted by molar-refractivity contribution is 5.96. The highest BCUT2D eigenvalue weighted by Crippen LogP contribution is 2.21. The molecule has 29 heavy (non-hydrogen) atoms. The van der Waals surface area contributed by atoms with Gasteiger partial charge in [-0.3, -0.25) is 9.78 Å². The van der Waals surface area contributed by atoms with E-state index in [4.69, 9.17) is 4.74 Å². The second-order valence-corrected chi connectivity index (χ2v) is 6.59. The summed E-state index contributed by atoms with van der Waals surface area (Å²) in [4.78, 5) is 29.2. The Morgan fingerprint density at radius 3 is 2.55 bits per heavy atom. The normalized spacial score (nSPS) is 12.0. The number of hydrogen-bond donors (Lipinski definition) is 1. The molecule has 5 nitrogen and oxygen atoms in total. The first kappa shape index (κ1) is 24.1. The largest absolute Gasteiger partial charge is 0.425 e. The third-order valence-electron chi connectivity index (χ3n) is 4.51. The van der Waals surface area contributed by atoms with Crippen LogP contribution in [0.25, 0.3) is 0 Å². The van der Waals surface area contributed by atoms with E-state index in [1.54, 1.807) is 24.4 Å². The van der Waals surface area contributed by atoms with Crippen molar-refractivity contribution in [3.8, 4) is 5.75 Å². The summed E-state index contributed by atoms with van der Waals surface area (Å²) in [5, 5.41) is 2.79. The minimum atomic E-state index is -0.741. The van der Waals surface area contributed by atoms with Gasteiger partial charge in [-0.15, -0.1) is 6.58 Å². The summed E-state index contributed by atoms with van der Waals surface area (Å²) in [6.45, 7) is 13.5. The predicted molar refractivity (Wildman–Crippen MR) is 117 cm³/mol. The Kier molecular flexibility index (Phi) is 10.4. The lowest BCUT2D eigenvalue weighted by Crippen LogP contribution is -2.47. The summed E-state index contributed by atoms with van der Waals surface area (Å²) in [5.74, 6) is -0.389. The fourth-order valence-corrected chi connectivity index (χ4v) is 2.68. The standard InChI is InChI=1S/C22H26N2O3.C2H6/c1-5-8-17-10-11-19(16(4)13-17)27-22(26)20(15(3)6-2)24-21(25)18-9-7-12-23-14-18;1-2/h5,7,9-15,20H,1,6,8H2,2-4H3,(H,24,25);1-2H3. The Balaban J connectivity index is 0.00000204. The summed E-state index contributed by atoms with van der Waals surface area (Å²) < 4.78 is 5.61. The first-order chi connectivity index (χ1) is 14.0. The molecule has 0 aliphatic heterocycles. The monoisotopic (exact) mass is 396 g/mol. The number of hydrogen-bond acceptors (Lipinski definition) is 4. The van der Waals surface area contributed by atoms with E-state index in [0.717, 1.165) is 24.0 Å². The van der Waals surface area contributed by atoms with Gasteiger partial charge in [0.15, 0.2) is 0 Å². The Labute approximate surface area is 174 Å². The SMILES string of the molecule is C=CCc1ccc(OC(=O)C(NC(=O)c2cccnc2)C(C)CC)c(C)c1.CC. The Morgan fingerprint density at radius 1 is 1.28 bits per heavy atom. The summed E-state index contributed by atoms with van der Waals surface area (Å²) in [6, 6.07) is 8.25. The van der Waals surface area contributed by atoms with Crippen molar-refractivity contribution in [1.29, 1.82) is 0 Å². The van der Waals surface area contributed by atoms with E-state index in [-0.39, 0.29) is 11.8 Å². The van der Waals surface area contributed by atoms with Gasteiger partial charge < -0.3 is 10.1 Å². The van der Waals surface area contributed by atoms with Crippen LogP contribution in [0.1, 0.15) is 55.6 Å². The second kappa shape index (κ2) is 12.5. The molecule has 0 saturated carbocycles. The van der Waals surface area contributed by atoms with Crippen LogP contribution >= 0.6 is 0 Å². The lowest BCUT2D eigenvalue weighted by molar-refractivity contribution is -0.137. The zero-order valence-electron chi connectivity index (χ0n) is 18.1. The zero-order valence-corrected chi connectivity index (χ0v) is 18.1. The van der Waals surface area contributed by atoms with Crippen molar-refractivity contribution >= 4 is 11.9 Å². The molecule has 0 aliphatic rings. The molecule has 2 rings (SSSR count). The number of benzene rings is 1. The number of carbonyl (C=O) groups is 2. The number of aromatic nitrogens is 1. The van der Waals surface area contributed by atoms with Gasteiger partial charge >= 0.3 is 5.97 Å². The first-order valence-electron chi connectivity index (χ1n) is 10.1. The van der Waals surface area contributed by atoms with Gasteiger partial charge in [0.25, 0.3) is 5.91 Å². The molecule has 1 amide bonds. The molecular weight excluding hydrogens is 364 g/mol. The number of carbonyl (C=O) groups excluding carboxylic acids is 2. The molecule has 0 radical (unpaired) electrons. The molecule has 0 spiro atoms. The van der Waals surface area contributed by atoms with Crippen LogP contribution in [0.15, 0.2) is 55.4 Å². The fourth-order valence-electron chi connectivity index (χ4n) is 2.68. The molecule has 2 aromatic rings. The topological polar surface area (TPSA) is 68.3 Å². The third-order valence-corrected chi connectivity index (χ3v) is 4.51. The van der Waals surface area contributed by atoms with Crippen LogP contribution in [-0.2, 0) is 11.2 Å². The minimum absolute atomic E-state index is 0.0709. The fraction of sp³-hybridized carbons (Fsp3) is 0.375. The molecule has 1 heterocycles. The molecule has 0 saturated heterocycles. The van der Waals surface area contributed by atoms with E-state index in [2.05, 4.69) is 16.9 Å². The number of nitrogens with one attached hydrogen (secondary N) is 1. The lowest BCUT2D eigenvalue weighted by atomic mass is 9.98. The number of rotatable bonds is 8. The van der Waals surface area contributed by atoms with Crippen molar-refractivity contribution in [3.05, 3.63) is 72.1 Å². The van der Waals surface area contributed by atoms with E-state index in [1.165, 1.54) is 6.20 Å². The molecule has 0 fully saturated rings. The van der Waals surface area contributed by atoms with Crippen LogP contribution in [0.2, 0.25) is 0 Å². The zero-order chi connectivity index (χ0) is 21.8. The van der Waals surface area contributed by atoms with Crippen LogP contribution in [0.4, 0.5) is 0 Å². The van der Waals surface area contributed by atoms with Crippen molar-refractivity contribution < 1.29 is 14.3 Å². The highest BCUT2D eigenvalue weighted by Gasteiger charge is 2.28. The number of nitrogens with zero attached hydrogens (tertiary/aromatic N) is 1. The first-order valence-corrected chi connectivity index (χ1v) is 10.1. The van der Waals surface area contributed by atoms with Crippen molar-refractivity contribution in [1.82, 2.24) is 10.3 Å². The molecule has 2 atom stereocenters. The van der Waals surface area contributed by atoms with Crippen LogP contribution in [-0.4, -0.2) is 22.9 Å². The minimum Gasteiger partial charge on any atom is -0.425 e. The van der Waals surface area contributed by atoms with Crippen molar-refractivity contribution in [2.75, 3.05) is 0 Å². The van der Waals surface area contributed by atoms with Crippen molar-refractivity contribution in [2.24, 2.45) is 5.92 Å². The summed E-state index contributed by atoms with van der Waals surface area (Å²) in [6.07, 6.45) is 6.37. The maximum absolute atomic E-state index is 12.8. The van der Waals surface area contributed by atoms with Crippen molar-refractivity contribution in [3.63, 3.8) is 0 Å². The molecule has 0 bridgehead atoms. The van der Waals surface area contributed by atoms with E-state index in [0.29, 0.717) is 11.3 Å². The number of amides is 1. The van der Waals surface area contributed by atoms with E-state index in [9.17, 15) is 9.59 Å². The van der Waals surface area contributed by atoms with Crippen LogP contribution < -0.4 is 10.1 Å². The lowest BCUT2D eigenvalue weighted by Gasteiger charge is -2.23.